The maximum atomic E-state index is 14.1. The van der Waals surface area contributed by atoms with E-state index in [9.17, 15) is 23.5 Å². The van der Waals surface area contributed by atoms with Gasteiger partial charge in [-0.25, -0.2) is 18.6 Å². The second kappa shape index (κ2) is 11.4. The highest BCUT2D eigenvalue weighted by atomic mass is 19.3. The van der Waals surface area contributed by atoms with Crippen molar-refractivity contribution in [2.75, 3.05) is 62.7 Å². The van der Waals surface area contributed by atoms with Crippen LogP contribution in [0.15, 0.2) is 30.3 Å². The fraction of sp³-hybridized carbons (Fsp3) is 0.519. The van der Waals surface area contributed by atoms with Crippen LogP contribution in [0.25, 0.3) is 16.9 Å². The number of piperidine rings is 1. The lowest BCUT2D eigenvalue weighted by molar-refractivity contribution is -0.135. The van der Waals surface area contributed by atoms with Gasteiger partial charge in [0, 0.05) is 57.3 Å². The summed E-state index contributed by atoms with van der Waals surface area (Å²) in [5, 5.41) is 12.6. The summed E-state index contributed by atoms with van der Waals surface area (Å²) in [6, 6.07) is 8.51. The van der Waals surface area contributed by atoms with Gasteiger partial charge in [0.25, 0.3) is 6.43 Å². The topological polar surface area (TPSA) is 129 Å². The zero-order chi connectivity index (χ0) is 28.5. The minimum Gasteiger partial charge on any atom is -0.465 e. The Kier molecular flexibility index (Phi) is 7.56. The quantitative estimate of drug-likeness (QED) is 0.460. The number of likely N-dealkylation sites (tertiary alicyclic amines) is 2. The molecule has 12 nitrogen and oxygen atoms in total. The van der Waals surface area contributed by atoms with E-state index in [-0.39, 0.29) is 23.7 Å². The largest absolute Gasteiger partial charge is 0.465 e. The Hall–Kier alpha value is -4.07. The minimum absolute atomic E-state index is 0.0446. The summed E-state index contributed by atoms with van der Waals surface area (Å²) in [5.41, 5.74) is 0.968. The molecule has 0 aliphatic carbocycles. The molecule has 3 aromatic rings. The molecule has 3 aliphatic heterocycles. The number of morpholine rings is 1. The van der Waals surface area contributed by atoms with Crippen LogP contribution in [0.3, 0.4) is 0 Å². The molecule has 2 aromatic heterocycles. The number of benzene rings is 1. The lowest BCUT2D eigenvalue weighted by atomic mass is 9.95. The first-order valence-electron chi connectivity index (χ1n) is 13.9. The molecule has 14 heteroatoms. The van der Waals surface area contributed by atoms with Gasteiger partial charge in [0.05, 0.1) is 24.2 Å². The molecule has 1 aromatic carbocycles. The minimum atomic E-state index is -2.81. The number of amides is 2. The predicted octanol–water partition coefficient (Wildman–Crippen LogP) is 2.99. The molecule has 3 fully saturated rings. The second-order valence-electron chi connectivity index (χ2n) is 10.6. The van der Waals surface area contributed by atoms with Gasteiger partial charge in [-0.05, 0) is 31.4 Å². The molecule has 6 rings (SSSR count). The van der Waals surface area contributed by atoms with Crippen molar-refractivity contribution in [3.63, 3.8) is 0 Å². The summed E-state index contributed by atoms with van der Waals surface area (Å²) >= 11 is 0. The number of nitrogens with zero attached hydrogens (tertiary/aromatic N) is 7. The normalized spacial score (nSPS) is 20.3. The zero-order valence-corrected chi connectivity index (χ0v) is 22.5. The molecule has 5 heterocycles. The van der Waals surface area contributed by atoms with Crippen LogP contribution >= 0.6 is 0 Å². The van der Waals surface area contributed by atoms with Crippen LogP contribution in [-0.2, 0) is 9.53 Å². The van der Waals surface area contributed by atoms with Gasteiger partial charge < -0.3 is 29.9 Å². The number of fused-ring (bicyclic) bond motifs is 1. The Morgan fingerprint density at radius 3 is 2.44 bits per heavy atom. The average molecular weight is 571 g/mol. The van der Waals surface area contributed by atoms with Gasteiger partial charge in [-0.15, -0.1) is 0 Å². The van der Waals surface area contributed by atoms with Gasteiger partial charge in [-0.1, -0.05) is 12.1 Å². The van der Waals surface area contributed by atoms with Gasteiger partial charge in [-0.3, -0.25) is 9.36 Å². The van der Waals surface area contributed by atoms with Gasteiger partial charge in [-0.2, -0.15) is 9.97 Å². The Labute approximate surface area is 234 Å². The Morgan fingerprint density at radius 2 is 1.71 bits per heavy atom. The summed E-state index contributed by atoms with van der Waals surface area (Å²) in [6.07, 6.45) is -2.03. The molecule has 0 radical (unpaired) electrons. The van der Waals surface area contributed by atoms with Crippen LogP contribution in [0.5, 0.6) is 0 Å². The fourth-order valence-corrected chi connectivity index (χ4v) is 5.81. The highest BCUT2D eigenvalue weighted by Gasteiger charge is 2.34. The fourth-order valence-electron chi connectivity index (χ4n) is 5.81. The van der Waals surface area contributed by atoms with Crippen molar-refractivity contribution < 1.29 is 28.2 Å². The number of anilines is 2. The van der Waals surface area contributed by atoms with Crippen molar-refractivity contribution in [2.24, 2.45) is 5.92 Å². The highest BCUT2D eigenvalue weighted by molar-refractivity contribution is 5.80. The average Bonchev–Trinajstić information content (AvgIpc) is 3.62. The van der Waals surface area contributed by atoms with Crippen molar-refractivity contribution in [2.45, 2.75) is 31.7 Å². The van der Waals surface area contributed by atoms with Crippen LogP contribution in [0.1, 0.15) is 31.5 Å². The number of imidazole rings is 1. The van der Waals surface area contributed by atoms with Crippen molar-refractivity contribution in [3.05, 3.63) is 36.2 Å². The number of hydrogen-bond donors (Lipinski definition) is 2. The smallest absolute Gasteiger partial charge is 0.407 e. The Morgan fingerprint density at radius 1 is 0.976 bits per heavy atom. The van der Waals surface area contributed by atoms with Crippen LogP contribution in [0.2, 0.25) is 0 Å². The number of ether oxygens (including phenoxy) is 1. The van der Waals surface area contributed by atoms with Crippen molar-refractivity contribution in [1.29, 1.82) is 0 Å². The zero-order valence-electron chi connectivity index (χ0n) is 22.5. The monoisotopic (exact) mass is 570 g/mol. The third-order valence-electron chi connectivity index (χ3n) is 7.97. The Bertz CT molecular complexity index is 1420. The summed E-state index contributed by atoms with van der Waals surface area (Å²) in [5.74, 6) is 0.624. The predicted molar refractivity (Wildman–Crippen MR) is 146 cm³/mol. The molecule has 3 saturated heterocycles. The first-order valence-corrected chi connectivity index (χ1v) is 13.9. The number of carbonyl (C=O) groups excluding carboxylic acids is 1. The number of halogens is 2. The lowest BCUT2D eigenvalue weighted by Crippen LogP contribution is -2.43. The van der Waals surface area contributed by atoms with Crippen LogP contribution in [-0.4, -0.2) is 105 Å². The van der Waals surface area contributed by atoms with Gasteiger partial charge in [0.1, 0.15) is 11.6 Å². The summed E-state index contributed by atoms with van der Waals surface area (Å²) in [4.78, 5) is 43.1. The lowest BCUT2D eigenvalue weighted by Gasteiger charge is -2.31. The molecule has 0 unspecified atom stereocenters. The highest BCUT2D eigenvalue weighted by Crippen LogP contribution is 2.30. The van der Waals surface area contributed by atoms with Gasteiger partial charge >= 0.3 is 6.09 Å². The first-order chi connectivity index (χ1) is 19.9. The van der Waals surface area contributed by atoms with E-state index in [1.165, 1.54) is 9.47 Å². The standard InChI is InChI=1S/C27H32F2N8O4/c28-23(29)24-31-19-3-1-2-4-20(19)37(24)22-15-21(32-26(33-22)34-11-13-41-14-12-34)30-18-7-10-36(16-18)25(38)17-5-8-35(9-6-17)27(39)40/h1-4,15,17-18,23H,5-14,16H2,(H,39,40)(H,30,32,33)/t18-/m0/s1. The number of rotatable bonds is 6. The molecule has 218 valence electrons. The van der Waals surface area contributed by atoms with Crippen LogP contribution in [0.4, 0.5) is 25.3 Å². The maximum Gasteiger partial charge on any atom is 0.407 e. The Balaban J connectivity index is 1.24. The molecule has 1 atom stereocenters. The van der Waals surface area contributed by atoms with Crippen molar-refractivity contribution >= 4 is 34.8 Å². The van der Waals surface area contributed by atoms with E-state index in [4.69, 9.17) is 9.72 Å². The van der Waals surface area contributed by atoms with Gasteiger partial charge in [0.2, 0.25) is 11.9 Å². The molecule has 0 bridgehead atoms. The third-order valence-corrected chi connectivity index (χ3v) is 7.97. The third kappa shape index (κ3) is 5.60. The number of nitrogens with one attached hydrogen (secondary N) is 1. The van der Waals surface area contributed by atoms with E-state index >= 15 is 0 Å². The number of para-hydroxylation sites is 2. The van der Waals surface area contributed by atoms with Crippen molar-refractivity contribution in [1.82, 2.24) is 29.3 Å². The maximum absolute atomic E-state index is 14.1. The molecule has 3 aliphatic rings. The number of aromatic nitrogens is 4. The van der Waals surface area contributed by atoms with Crippen LogP contribution in [0, 0.1) is 5.92 Å². The number of carboxylic acid groups (broad SMARTS) is 1. The second-order valence-corrected chi connectivity index (χ2v) is 10.6. The van der Waals surface area contributed by atoms with Crippen molar-refractivity contribution in [3.8, 4) is 5.82 Å². The first kappa shape index (κ1) is 27.1. The number of alkyl halides is 2. The molecular formula is C27H32F2N8O4. The van der Waals surface area contributed by atoms with E-state index < -0.39 is 18.3 Å². The SMILES string of the molecule is O=C(O)N1CCC(C(=O)N2CC[C@H](Nc3cc(-n4c(C(F)F)nc5ccccc54)nc(N4CCOCC4)n3)C2)CC1. The van der Waals surface area contributed by atoms with E-state index in [1.54, 1.807) is 30.3 Å². The summed E-state index contributed by atoms with van der Waals surface area (Å²) in [6.45, 7) is 3.93. The van der Waals surface area contributed by atoms with E-state index in [0.717, 1.165) is 0 Å². The molecule has 0 saturated carbocycles. The van der Waals surface area contributed by atoms with E-state index in [2.05, 4.69) is 15.3 Å². The number of carbonyl (C=O) groups is 2. The number of hydrogen-bond acceptors (Lipinski definition) is 8. The molecular weight excluding hydrogens is 538 g/mol. The molecule has 2 amide bonds. The molecule has 2 N–H and O–H groups in total. The van der Waals surface area contributed by atoms with E-state index in [1.807, 2.05) is 9.80 Å². The van der Waals surface area contributed by atoms with Gasteiger partial charge in [0.15, 0.2) is 5.82 Å². The molecule has 41 heavy (non-hydrogen) atoms. The summed E-state index contributed by atoms with van der Waals surface area (Å²) < 4.78 is 35.1. The van der Waals surface area contributed by atoms with Crippen LogP contribution < -0.4 is 10.2 Å². The van der Waals surface area contributed by atoms with E-state index in [0.29, 0.717) is 94.5 Å². The summed E-state index contributed by atoms with van der Waals surface area (Å²) in [7, 11) is 0. The molecule has 0 spiro atoms.